The van der Waals surface area contributed by atoms with E-state index >= 15 is 0 Å². The molecule has 0 spiro atoms. The van der Waals surface area contributed by atoms with Gasteiger partial charge < -0.3 is 16.0 Å². The molecule has 9 heteroatoms. The van der Waals surface area contributed by atoms with Gasteiger partial charge in [-0.1, -0.05) is 18.2 Å². The second-order valence-corrected chi connectivity index (χ2v) is 7.39. The number of hydrogen-bond donors (Lipinski definition) is 3. The number of carbonyl (C=O) groups is 2. The van der Waals surface area contributed by atoms with Gasteiger partial charge in [0, 0.05) is 39.3 Å². The maximum absolute atomic E-state index is 11.9. The SMILES string of the molecule is CNC(=O)CCc1ccccc1NC(=O)NCCN(C)S(C)(=O)=O. The summed E-state index contributed by atoms with van der Waals surface area (Å²) in [4.78, 5) is 23.3. The van der Waals surface area contributed by atoms with E-state index in [1.807, 2.05) is 12.1 Å². The molecule has 24 heavy (non-hydrogen) atoms. The largest absolute Gasteiger partial charge is 0.359 e. The summed E-state index contributed by atoms with van der Waals surface area (Å²) in [6.45, 7) is 0.375. The Bertz CT molecular complexity index is 676. The minimum atomic E-state index is -3.26. The van der Waals surface area contributed by atoms with Gasteiger partial charge in [0.25, 0.3) is 0 Å². The van der Waals surface area contributed by atoms with Gasteiger partial charge in [0.1, 0.15) is 0 Å². The minimum absolute atomic E-state index is 0.0712. The smallest absolute Gasteiger partial charge is 0.319 e. The Hall–Kier alpha value is -2.13. The van der Waals surface area contributed by atoms with Crippen LogP contribution in [0.15, 0.2) is 24.3 Å². The lowest BCUT2D eigenvalue weighted by molar-refractivity contribution is -0.120. The maximum Gasteiger partial charge on any atom is 0.319 e. The van der Waals surface area contributed by atoms with Crippen LogP contribution in [0.3, 0.4) is 0 Å². The molecule has 0 atom stereocenters. The van der Waals surface area contributed by atoms with Gasteiger partial charge in [-0.2, -0.15) is 0 Å². The number of rotatable bonds is 8. The van der Waals surface area contributed by atoms with Crippen molar-refractivity contribution in [2.45, 2.75) is 12.8 Å². The Morgan fingerprint density at radius 2 is 1.88 bits per heavy atom. The number of anilines is 1. The van der Waals surface area contributed by atoms with Crippen molar-refractivity contribution in [2.24, 2.45) is 0 Å². The van der Waals surface area contributed by atoms with Crippen molar-refractivity contribution >= 4 is 27.6 Å². The molecule has 134 valence electrons. The summed E-state index contributed by atoms with van der Waals surface area (Å²) in [5.74, 6) is -0.0712. The van der Waals surface area contributed by atoms with Gasteiger partial charge in [-0.25, -0.2) is 17.5 Å². The summed E-state index contributed by atoms with van der Waals surface area (Å²) in [5.41, 5.74) is 1.47. The van der Waals surface area contributed by atoms with Crippen LogP contribution < -0.4 is 16.0 Å². The molecule has 0 radical (unpaired) electrons. The summed E-state index contributed by atoms with van der Waals surface area (Å²) in [7, 11) is -0.236. The number of sulfonamides is 1. The Labute approximate surface area is 142 Å². The van der Waals surface area contributed by atoms with E-state index in [-0.39, 0.29) is 19.0 Å². The second kappa shape index (κ2) is 9.24. The summed E-state index contributed by atoms with van der Waals surface area (Å²) >= 11 is 0. The maximum atomic E-state index is 11.9. The number of benzene rings is 1. The summed E-state index contributed by atoms with van der Waals surface area (Å²) in [5, 5.41) is 7.87. The first-order chi connectivity index (χ1) is 11.2. The monoisotopic (exact) mass is 356 g/mol. The number of likely N-dealkylation sites (N-methyl/N-ethyl adjacent to an activating group) is 1. The molecule has 3 N–H and O–H groups in total. The molecule has 0 fully saturated rings. The third-order valence-electron chi connectivity index (χ3n) is 3.44. The van der Waals surface area contributed by atoms with Crippen LogP contribution in [-0.2, 0) is 21.2 Å². The lowest BCUT2D eigenvalue weighted by atomic mass is 10.1. The molecule has 0 aromatic heterocycles. The van der Waals surface area contributed by atoms with Crippen LogP contribution in [0.4, 0.5) is 10.5 Å². The quantitative estimate of drug-likeness (QED) is 0.626. The first kappa shape index (κ1) is 19.9. The average Bonchev–Trinajstić information content (AvgIpc) is 2.52. The van der Waals surface area contributed by atoms with E-state index in [2.05, 4.69) is 16.0 Å². The molecule has 0 saturated carbocycles. The van der Waals surface area contributed by atoms with Crippen molar-refractivity contribution in [1.29, 1.82) is 0 Å². The minimum Gasteiger partial charge on any atom is -0.359 e. The van der Waals surface area contributed by atoms with Crippen molar-refractivity contribution in [2.75, 3.05) is 38.8 Å². The topological polar surface area (TPSA) is 108 Å². The third-order valence-corrected chi connectivity index (χ3v) is 4.76. The molecule has 1 aromatic carbocycles. The van der Waals surface area contributed by atoms with Gasteiger partial charge in [0.2, 0.25) is 15.9 Å². The Morgan fingerprint density at radius 3 is 2.50 bits per heavy atom. The Kier molecular flexibility index (Phi) is 7.66. The molecular weight excluding hydrogens is 332 g/mol. The number of hydrogen-bond acceptors (Lipinski definition) is 4. The first-order valence-corrected chi connectivity index (χ1v) is 9.33. The van der Waals surface area contributed by atoms with Crippen molar-refractivity contribution in [3.63, 3.8) is 0 Å². The van der Waals surface area contributed by atoms with Crippen LogP contribution in [-0.4, -0.2) is 58.1 Å². The van der Waals surface area contributed by atoms with E-state index in [4.69, 9.17) is 0 Å². The van der Waals surface area contributed by atoms with E-state index in [0.717, 1.165) is 16.1 Å². The van der Waals surface area contributed by atoms with Gasteiger partial charge in [-0.05, 0) is 18.1 Å². The molecular formula is C15H24N4O4S. The fourth-order valence-electron chi connectivity index (χ4n) is 1.89. The fraction of sp³-hybridized carbons (Fsp3) is 0.467. The van der Waals surface area contributed by atoms with Gasteiger partial charge in [0.15, 0.2) is 0 Å². The van der Waals surface area contributed by atoms with Crippen molar-refractivity contribution < 1.29 is 18.0 Å². The highest BCUT2D eigenvalue weighted by Crippen LogP contribution is 2.16. The van der Waals surface area contributed by atoms with Crippen molar-refractivity contribution in [1.82, 2.24) is 14.9 Å². The highest BCUT2D eigenvalue weighted by molar-refractivity contribution is 7.88. The molecule has 8 nitrogen and oxygen atoms in total. The van der Waals surface area contributed by atoms with Crippen LogP contribution >= 0.6 is 0 Å². The summed E-state index contributed by atoms with van der Waals surface area (Å²) in [6, 6.07) is 6.79. The standard InChI is InChI=1S/C15H24N4O4S/c1-16-14(20)9-8-12-6-4-5-7-13(12)18-15(21)17-10-11-19(2)24(3,22)23/h4-7H,8-11H2,1-3H3,(H,16,20)(H2,17,18,21). The molecule has 0 aliphatic heterocycles. The lowest BCUT2D eigenvalue weighted by Gasteiger charge is -2.15. The predicted molar refractivity (Wildman–Crippen MR) is 93.3 cm³/mol. The normalized spacial score (nSPS) is 11.2. The highest BCUT2D eigenvalue weighted by atomic mass is 32.2. The fourth-order valence-corrected chi connectivity index (χ4v) is 2.32. The Morgan fingerprint density at radius 1 is 1.21 bits per heavy atom. The zero-order valence-corrected chi connectivity index (χ0v) is 14.9. The van der Waals surface area contributed by atoms with Gasteiger partial charge in [-0.3, -0.25) is 4.79 Å². The van der Waals surface area contributed by atoms with E-state index in [9.17, 15) is 18.0 Å². The Balaban J connectivity index is 2.53. The molecule has 0 unspecified atom stereocenters. The molecule has 0 saturated heterocycles. The molecule has 3 amide bonds. The zero-order chi connectivity index (χ0) is 18.2. The average molecular weight is 356 g/mol. The van der Waals surface area contributed by atoms with Crippen LogP contribution in [0, 0.1) is 0 Å². The van der Waals surface area contributed by atoms with Crippen LogP contribution in [0.1, 0.15) is 12.0 Å². The van der Waals surface area contributed by atoms with Crippen LogP contribution in [0.2, 0.25) is 0 Å². The number of nitrogens with zero attached hydrogens (tertiary/aromatic N) is 1. The van der Waals surface area contributed by atoms with Crippen molar-refractivity contribution in [3.05, 3.63) is 29.8 Å². The predicted octanol–water partition coefficient (Wildman–Crippen LogP) is 0.378. The summed E-state index contributed by atoms with van der Waals surface area (Å²) in [6.07, 6.45) is 1.94. The zero-order valence-electron chi connectivity index (χ0n) is 14.1. The van der Waals surface area contributed by atoms with Crippen LogP contribution in [0.25, 0.3) is 0 Å². The summed E-state index contributed by atoms with van der Waals surface area (Å²) < 4.78 is 23.7. The second-order valence-electron chi connectivity index (χ2n) is 5.30. The van der Waals surface area contributed by atoms with Gasteiger partial charge in [-0.15, -0.1) is 0 Å². The van der Waals surface area contributed by atoms with E-state index in [1.165, 1.54) is 7.05 Å². The van der Waals surface area contributed by atoms with E-state index < -0.39 is 16.1 Å². The van der Waals surface area contributed by atoms with E-state index in [1.54, 1.807) is 19.2 Å². The van der Waals surface area contributed by atoms with Crippen LogP contribution in [0.5, 0.6) is 0 Å². The van der Waals surface area contributed by atoms with Gasteiger partial charge in [0.05, 0.1) is 6.26 Å². The van der Waals surface area contributed by atoms with Crippen molar-refractivity contribution in [3.8, 4) is 0 Å². The number of carbonyl (C=O) groups excluding carboxylic acids is 2. The lowest BCUT2D eigenvalue weighted by Crippen LogP contribution is -2.37. The molecule has 0 aliphatic carbocycles. The molecule has 1 rings (SSSR count). The molecule has 0 bridgehead atoms. The van der Waals surface area contributed by atoms with Gasteiger partial charge >= 0.3 is 6.03 Å². The number of urea groups is 1. The first-order valence-electron chi connectivity index (χ1n) is 7.48. The third kappa shape index (κ3) is 6.97. The number of aryl methyl sites for hydroxylation is 1. The number of nitrogens with one attached hydrogen (secondary N) is 3. The molecule has 0 heterocycles. The molecule has 0 aliphatic rings. The van der Waals surface area contributed by atoms with E-state index in [0.29, 0.717) is 18.5 Å². The number of para-hydroxylation sites is 1. The number of amides is 3. The highest BCUT2D eigenvalue weighted by Gasteiger charge is 2.11. The molecule has 1 aromatic rings.